The van der Waals surface area contributed by atoms with Gasteiger partial charge in [-0.2, -0.15) is 5.10 Å². The van der Waals surface area contributed by atoms with Crippen molar-refractivity contribution >= 4 is 5.78 Å². The van der Waals surface area contributed by atoms with Crippen molar-refractivity contribution in [2.75, 3.05) is 0 Å². The Morgan fingerprint density at radius 3 is 2.94 bits per heavy atom. The minimum absolute atomic E-state index is 0.209. The van der Waals surface area contributed by atoms with Crippen LogP contribution in [0, 0.1) is 0 Å². The third-order valence-electron chi connectivity index (χ3n) is 2.86. The van der Waals surface area contributed by atoms with Crippen LogP contribution in [0.1, 0.15) is 22.5 Å². The molecule has 1 aliphatic carbocycles. The van der Waals surface area contributed by atoms with E-state index in [0.717, 1.165) is 28.9 Å². The molecule has 0 N–H and O–H groups in total. The zero-order valence-electron chi connectivity index (χ0n) is 8.97. The molecule has 0 atom stereocenters. The molecule has 0 saturated heterocycles. The van der Waals surface area contributed by atoms with Crippen LogP contribution in [0.3, 0.4) is 0 Å². The Kier molecular flexibility index (Phi) is 1.89. The van der Waals surface area contributed by atoms with E-state index in [1.54, 1.807) is 10.9 Å². The van der Waals surface area contributed by atoms with E-state index in [-0.39, 0.29) is 5.78 Å². The van der Waals surface area contributed by atoms with Gasteiger partial charge in [-0.3, -0.25) is 14.5 Å². The maximum absolute atomic E-state index is 11.5. The molecule has 0 spiro atoms. The third kappa shape index (κ3) is 1.34. The number of nitrogens with zero attached hydrogens (tertiary/aromatic N) is 3. The number of fused-ring (bicyclic) bond motifs is 1. The van der Waals surface area contributed by atoms with Gasteiger partial charge in [-0.05, 0) is 18.6 Å². The predicted molar refractivity (Wildman–Crippen MR) is 59.1 cm³/mol. The molecule has 0 radical (unpaired) electrons. The Labute approximate surface area is 92.9 Å². The topological polar surface area (TPSA) is 47.8 Å². The van der Waals surface area contributed by atoms with Crippen LogP contribution < -0.4 is 0 Å². The highest BCUT2D eigenvalue weighted by atomic mass is 16.1. The SMILES string of the molecule is Cn1cc(-c2ccc3c(n2)CCC3=O)cn1. The largest absolute Gasteiger partial charge is 0.294 e. The van der Waals surface area contributed by atoms with E-state index in [2.05, 4.69) is 10.1 Å². The Bertz CT molecular complexity index is 571. The van der Waals surface area contributed by atoms with Gasteiger partial charge in [-0.1, -0.05) is 0 Å². The molecule has 4 heteroatoms. The van der Waals surface area contributed by atoms with Crippen molar-refractivity contribution in [3.8, 4) is 11.3 Å². The molecule has 2 aromatic heterocycles. The first-order chi connectivity index (χ1) is 7.74. The van der Waals surface area contributed by atoms with Crippen LogP contribution in [0.25, 0.3) is 11.3 Å². The van der Waals surface area contributed by atoms with Crippen molar-refractivity contribution in [1.29, 1.82) is 0 Å². The summed E-state index contributed by atoms with van der Waals surface area (Å²) in [6.45, 7) is 0. The van der Waals surface area contributed by atoms with Gasteiger partial charge in [0.25, 0.3) is 0 Å². The number of carbonyl (C=O) groups excluding carboxylic acids is 1. The second-order valence-electron chi connectivity index (χ2n) is 4.02. The molecule has 0 unspecified atom stereocenters. The average Bonchev–Trinajstić information content (AvgIpc) is 2.86. The average molecular weight is 213 g/mol. The lowest BCUT2D eigenvalue weighted by molar-refractivity contribution is 0.0994. The van der Waals surface area contributed by atoms with Gasteiger partial charge in [-0.15, -0.1) is 0 Å². The van der Waals surface area contributed by atoms with Gasteiger partial charge < -0.3 is 0 Å². The normalized spacial score (nSPS) is 14.2. The summed E-state index contributed by atoms with van der Waals surface area (Å²) in [6, 6.07) is 3.76. The van der Waals surface area contributed by atoms with Crippen LogP contribution >= 0.6 is 0 Å². The number of hydrogen-bond acceptors (Lipinski definition) is 3. The molecule has 80 valence electrons. The fourth-order valence-electron chi connectivity index (χ4n) is 2.03. The standard InChI is InChI=1S/C12H11N3O/c1-15-7-8(6-13-15)10-3-2-9-11(14-10)4-5-12(9)16/h2-3,6-7H,4-5H2,1H3. The molecule has 2 aromatic rings. The molecule has 2 heterocycles. The molecule has 3 rings (SSSR count). The first-order valence-corrected chi connectivity index (χ1v) is 5.26. The van der Waals surface area contributed by atoms with Crippen LogP contribution in [0.4, 0.5) is 0 Å². The monoisotopic (exact) mass is 213 g/mol. The summed E-state index contributed by atoms with van der Waals surface area (Å²) in [5, 5.41) is 4.11. The van der Waals surface area contributed by atoms with Gasteiger partial charge in [0, 0.05) is 30.8 Å². The Hall–Kier alpha value is -1.97. The minimum Gasteiger partial charge on any atom is -0.294 e. The van der Waals surface area contributed by atoms with Crippen molar-refractivity contribution < 1.29 is 4.79 Å². The molecular formula is C12H11N3O. The van der Waals surface area contributed by atoms with Crippen molar-refractivity contribution in [3.63, 3.8) is 0 Å². The highest BCUT2D eigenvalue weighted by molar-refractivity contribution is 6.00. The van der Waals surface area contributed by atoms with Crippen LogP contribution in [-0.4, -0.2) is 20.5 Å². The summed E-state index contributed by atoms with van der Waals surface area (Å²) in [6.07, 6.45) is 5.07. The first-order valence-electron chi connectivity index (χ1n) is 5.26. The van der Waals surface area contributed by atoms with Crippen LogP contribution in [-0.2, 0) is 13.5 Å². The van der Waals surface area contributed by atoms with E-state index in [1.165, 1.54) is 0 Å². The predicted octanol–water partition coefficient (Wildman–Crippen LogP) is 1.61. The number of pyridine rings is 1. The summed E-state index contributed by atoms with van der Waals surface area (Å²) >= 11 is 0. The van der Waals surface area contributed by atoms with Crippen molar-refractivity contribution in [2.24, 2.45) is 7.05 Å². The number of rotatable bonds is 1. The Morgan fingerprint density at radius 1 is 1.31 bits per heavy atom. The second kappa shape index (κ2) is 3.27. The van der Waals surface area contributed by atoms with Crippen molar-refractivity contribution in [3.05, 3.63) is 35.8 Å². The molecule has 4 nitrogen and oxygen atoms in total. The maximum atomic E-state index is 11.5. The Morgan fingerprint density at radius 2 is 2.19 bits per heavy atom. The zero-order valence-corrected chi connectivity index (χ0v) is 8.97. The molecule has 1 aliphatic rings. The fourth-order valence-corrected chi connectivity index (χ4v) is 2.03. The molecule has 0 bridgehead atoms. The molecule has 0 aromatic carbocycles. The van der Waals surface area contributed by atoms with Crippen molar-refractivity contribution in [2.45, 2.75) is 12.8 Å². The van der Waals surface area contributed by atoms with Gasteiger partial charge in [-0.25, -0.2) is 0 Å². The van der Waals surface area contributed by atoms with Gasteiger partial charge in [0.2, 0.25) is 0 Å². The van der Waals surface area contributed by atoms with Crippen molar-refractivity contribution in [1.82, 2.24) is 14.8 Å². The summed E-state index contributed by atoms with van der Waals surface area (Å²) in [7, 11) is 1.88. The van der Waals surface area contributed by atoms with E-state index in [9.17, 15) is 4.79 Å². The van der Waals surface area contributed by atoms with E-state index in [1.807, 2.05) is 25.4 Å². The quantitative estimate of drug-likeness (QED) is 0.723. The van der Waals surface area contributed by atoms with Crippen LogP contribution in [0.5, 0.6) is 0 Å². The number of ketones is 1. The lowest BCUT2D eigenvalue weighted by Crippen LogP contribution is -1.94. The molecule has 16 heavy (non-hydrogen) atoms. The van der Waals surface area contributed by atoms with Gasteiger partial charge in [0.05, 0.1) is 17.6 Å². The molecular weight excluding hydrogens is 202 g/mol. The number of carbonyl (C=O) groups is 1. The number of hydrogen-bond donors (Lipinski definition) is 0. The van der Waals surface area contributed by atoms with Gasteiger partial charge in [0.1, 0.15) is 0 Å². The highest BCUT2D eigenvalue weighted by Crippen LogP contribution is 2.24. The summed E-state index contributed by atoms with van der Waals surface area (Å²) in [5.74, 6) is 0.209. The van der Waals surface area contributed by atoms with Crippen LogP contribution in [0.2, 0.25) is 0 Å². The van der Waals surface area contributed by atoms with E-state index in [0.29, 0.717) is 6.42 Å². The maximum Gasteiger partial charge on any atom is 0.165 e. The van der Waals surface area contributed by atoms with E-state index in [4.69, 9.17) is 0 Å². The number of aryl methyl sites for hydroxylation is 2. The Balaban J connectivity index is 2.08. The first kappa shape index (κ1) is 9.27. The lowest BCUT2D eigenvalue weighted by atomic mass is 10.1. The third-order valence-corrected chi connectivity index (χ3v) is 2.86. The number of aromatic nitrogens is 3. The van der Waals surface area contributed by atoms with Gasteiger partial charge >= 0.3 is 0 Å². The lowest BCUT2D eigenvalue weighted by Gasteiger charge is -2.00. The van der Waals surface area contributed by atoms with Gasteiger partial charge in [0.15, 0.2) is 5.78 Å². The van der Waals surface area contributed by atoms with E-state index < -0.39 is 0 Å². The summed E-state index contributed by atoms with van der Waals surface area (Å²) < 4.78 is 1.75. The summed E-state index contributed by atoms with van der Waals surface area (Å²) in [5.41, 5.74) is 3.59. The van der Waals surface area contributed by atoms with Crippen LogP contribution in [0.15, 0.2) is 24.5 Å². The number of Topliss-reactive ketones (excluding diaryl/α,β-unsaturated/α-hetero) is 1. The minimum atomic E-state index is 0.209. The van der Waals surface area contributed by atoms with E-state index >= 15 is 0 Å². The fraction of sp³-hybridized carbons (Fsp3) is 0.250. The second-order valence-corrected chi connectivity index (χ2v) is 4.02. The highest BCUT2D eigenvalue weighted by Gasteiger charge is 2.21. The molecule has 0 amide bonds. The zero-order chi connectivity index (χ0) is 11.1. The smallest absolute Gasteiger partial charge is 0.165 e. The summed E-state index contributed by atoms with van der Waals surface area (Å²) in [4.78, 5) is 16.0. The molecule has 0 fully saturated rings. The molecule has 0 saturated carbocycles. The molecule has 0 aliphatic heterocycles.